The highest BCUT2D eigenvalue weighted by Crippen LogP contribution is 2.16. The third kappa shape index (κ3) is 7.11. The molecule has 1 rings (SSSR count). The van der Waals surface area contributed by atoms with Crippen molar-refractivity contribution >= 4 is 0 Å². The van der Waals surface area contributed by atoms with Crippen LogP contribution in [0.15, 0.2) is 10.5 Å². The Morgan fingerprint density at radius 2 is 1.95 bits per heavy atom. The SMILES string of the molecule is CCCNCc1cc(CN(CC)CCCN(C)C)oc1C. The maximum atomic E-state index is 5.91. The van der Waals surface area contributed by atoms with Crippen molar-refractivity contribution in [1.82, 2.24) is 15.1 Å². The van der Waals surface area contributed by atoms with Gasteiger partial charge in [-0.15, -0.1) is 0 Å². The minimum absolute atomic E-state index is 0.913. The van der Waals surface area contributed by atoms with Gasteiger partial charge in [0.1, 0.15) is 11.5 Å². The van der Waals surface area contributed by atoms with Crippen LogP contribution in [0.1, 0.15) is 43.8 Å². The van der Waals surface area contributed by atoms with E-state index in [4.69, 9.17) is 4.42 Å². The maximum Gasteiger partial charge on any atom is 0.118 e. The van der Waals surface area contributed by atoms with Crippen LogP contribution in [-0.4, -0.2) is 50.1 Å². The minimum atomic E-state index is 0.913. The van der Waals surface area contributed by atoms with Crippen molar-refractivity contribution < 1.29 is 4.42 Å². The number of hydrogen-bond donors (Lipinski definition) is 1. The molecule has 0 spiro atoms. The highest BCUT2D eigenvalue weighted by atomic mass is 16.3. The van der Waals surface area contributed by atoms with Crippen LogP contribution >= 0.6 is 0 Å². The van der Waals surface area contributed by atoms with Gasteiger partial charge in [-0.3, -0.25) is 4.90 Å². The van der Waals surface area contributed by atoms with Crippen LogP contribution in [0.3, 0.4) is 0 Å². The van der Waals surface area contributed by atoms with Crippen LogP contribution in [0.5, 0.6) is 0 Å². The van der Waals surface area contributed by atoms with Gasteiger partial charge in [-0.1, -0.05) is 13.8 Å². The fourth-order valence-corrected chi connectivity index (χ4v) is 2.42. The topological polar surface area (TPSA) is 31.6 Å². The molecule has 0 aliphatic carbocycles. The van der Waals surface area contributed by atoms with Gasteiger partial charge in [0.15, 0.2) is 0 Å². The van der Waals surface area contributed by atoms with Crippen molar-refractivity contribution in [3.8, 4) is 0 Å². The van der Waals surface area contributed by atoms with E-state index in [1.54, 1.807) is 0 Å². The number of furan rings is 1. The number of nitrogens with zero attached hydrogens (tertiary/aromatic N) is 2. The van der Waals surface area contributed by atoms with Crippen LogP contribution in [0.4, 0.5) is 0 Å². The van der Waals surface area contributed by atoms with E-state index in [-0.39, 0.29) is 0 Å². The first kappa shape index (κ1) is 18.2. The van der Waals surface area contributed by atoms with Crippen molar-refractivity contribution in [3.05, 3.63) is 23.2 Å². The second-order valence-electron chi connectivity index (χ2n) is 6.00. The van der Waals surface area contributed by atoms with Crippen LogP contribution in [0.2, 0.25) is 0 Å². The number of aryl methyl sites for hydroxylation is 1. The monoisotopic (exact) mass is 295 g/mol. The lowest BCUT2D eigenvalue weighted by Gasteiger charge is -2.20. The Kier molecular flexibility index (Phi) is 8.66. The molecule has 0 radical (unpaired) electrons. The third-order valence-corrected chi connectivity index (χ3v) is 3.72. The molecule has 0 atom stereocenters. The summed E-state index contributed by atoms with van der Waals surface area (Å²) >= 11 is 0. The molecule has 0 amide bonds. The Morgan fingerprint density at radius 3 is 2.57 bits per heavy atom. The zero-order valence-corrected chi connectivity index (χ0v) is 14.5. The second kappa shape index (κ2) is 9.98. The van der Waals surface area contributed by atoms with Gasteiger partial charge in [-0.05, 0) is 66.1 Å². The first-order chi connectivity index (χ1) is 10.1. The summed E-state index contributed by atoms with van der Waals surface area (Å²) in [5.41, 5.74) is 1.29. The van der Waals surface area contributed by atoms with E-state index < -0.39 is 0 Å². The van der Waals surface area contributed by atoms with Crippen molar-refractivity contribution in [2.75, 3.05) is 40.3 Å². The van der Waals surface area contributed by atoms with Crippen molar-refractivity contribution in [2.45, 2.75) is 46.7 Å². The molecule has 1 N–H and O–H groups in total. The molecule has 0 aromatic carbocycles. The molecule has 21 heavy (non-hydrogen) atoms. The number of nitrogens with one attached hydrogen (secondary N) is 1. The van der Waals surface area contributed by atoms with Crippen molar-refractivity contribution in [3.63, 3.8) is 0 Å². The lowest BCUT2D eigenvalue weighted by atomic mass is 10.2. The van der Waals surface area contributed by atoms with Crippen LogP contribution in [0, 0.1) is 6.92 Å². The molecule has 4 heteroatoms. The first-order valence-electron chi connectivity index (χ1n) is 8.22. The average Bonchev–Trinajstić information content (AvgIpc) is 2.78. The van der Waals surface area contributed by atoms with E-state index in [1.807, 2.05) is 0 Å². The van der Waals surface area contributed by atoms with Gasteiger partial charge in [0.05, 0.1) is 6.54 Å². The molecule has 4 nitrogen and oxygen atoms in total. The van der Waals surface area contributed by atoms with E-state index in [2.05, 4.69) is 56.0 Å². The minimum Gasteiger partial charge on any atom is -0.465 e. The zero-order valence-electron chi connectivity index (χ0n) is 14.5. The summed E-state index contributed by atoms with van der Waals surface area (Å²) in [6.07, 6.45) is 2.37. The van der Waals surface area contributed by atoms with E-state index in [9.17, 15) is 0 Å². The van der Waals surface area contributed by atoms with E-state index in [1.165, 1.54) is 18.4 Å². The van der Waals surface area contributed by atoms with Crippen LogP contribution in [-0.2, 0) is 13.1 Å². The van der Waals surface area contributed by atoms with Crippen molar-refractivity contribution in [1.29, 1.82) is 0 Å². The quantitative estimate of drug-likeness (QED) is 0.636. The fraction of sp³-hybridized carbons (Fsp3) is 0.765. The van der Waals surface area contributed by atoms with Gasteiger partial charge in [0.2, 0.25) is 0 Å². The molecular formula is C17H33N3O. The molecule has 0 fully saturated rings. The van der Waals surface area contributed by atoms with Gasteiger partial charge in [0, 0.05) is 12.1 Å². The highest BCUT2D eigenvalue weighted by Gasteiger charge is 2.10. The molecule has 0 aliphatic rings. The zero-order chi connectivity index (χ0) is 15.7. The Labute approximate surface area is 130 Å². The highest BCUT2D eigenvalue weighted by molar-refractivity contribution is 5.20. The summed E-state index contributed by atoms with van der Waals surface area (Å²) in [4.78, 5) is 4.69. The molecule has 0 aliphatic heterocycles. The summed E-state index contributed by atoms with van der Waals surface area (Å²) in [7, 11) is 4.25. The molecular weight excluding hydrogens is 262 g/mol. The molecule has 1 aromatic rings. The fourth-order valence-electron chi connectivity index (χ4n) is 2.42. The molecule has 122 valence electrons. The summed E-state index contributed by atoms with van der Waals surface area (Å²) in [6, 6.07) is 2.21. The Morgan fingerprint density at radius 1 is 1.19 bits per heavy atom. The predicted octanol–water partition coefficient (Wildman–Crippen LogP) is 2.86. The lowest BCUT2D eigenvalue weighted by Crippen LogP contribution is -2.26. The molecule has 1 heterocycles. The summed E-state index contributed by atoms with van der Waals surface area (Å²) in [5.74, 6) is 2.14. The first-order valence-corrected chi connectivity index (χ1v) is 8.22. The van der Waals surface area contributed by atoms with E-state index >= 15 is 0 Å². The third-order valence-electron chi connectivity index (χ3n) is 3.72. The molecule has 0 unspecified atom stereocenters. The Balaban J connectivity index is 2.46. The smallest absolute Gasteiger partial charge is 0.118 e. The summed E-state index contributed by atoms with van der Waals surface area (Å²) in [6.45, 7) is 12.7. The largest absolute Gasteiger partial charge is 0.465 e. The molecule has 0 saturated heterocycles. The molecule has 0 saturated carbocycles. The molecule has 0 bridgehead atoms. The Hall–Kier alpha value is -0.840. The predicted molar refractivity (Wildman–Crippen MR) is 89.6 cm³/mol. The van der Waals surface area contributed by atoms with Gasteiger partial charge < -0.3 is 14.6 Å². The maximum absolute atomic E-state index is 5.91. The lowest BCUT2D eigenvalue weighted by molar-refractivity contribution is 0.239. The van der Waals surface area contributed by atoms with E-state index in [0.717, 1.165) is 50.8 Å². The van der Waals surface area contributed by atoms with Gasteiger partial charge in [-0.25, -0.2) is 0 Å². The normalized spacial score (nSPS) is 11.8. The van der Waals surface area contributed by atoms with Gasteiger partial charge in [-0.2, -0.15) is 0 Å². The average molecular weight is 295 g/mol. The van der Waals surface area contributed by atoms with E-state index in [0.29, 0.717) is 0 Å². The number of rotatable bonds is 11. The van der Waals surface area contributed by atoms with Crippen LogP contribution < -0.4 is 5.32 Å². The summed E-state index contributed by atoms with van der Waals surface area (Å²) in [5, 5.41) is 3.44. The van der Waals surface area contributed by atoms with Gasteiger partial charge >= 0.3 is 0 Å². The molecule has 1 aromatic heterocycles. The second-order valence-corrected chi connectivity index (χ2v) is 6.00. The van der Waals surface area contributed by atoms with Crippen molar-refractivity contribution in [2.24, 2.45) is 0 Å². The number of hydrogen-bond acceptors (Lipinski definition) is 4. The standard InChI is InChI=1S/C17H33N3O/c1-6-9-18-13-16-12-17(21-15(16)3)14-20(7-2)11-8-10-19(4)5/h12,18H,6-11,13-14H2,1-5H3. The van der Waals surface area contributed by atoms with Crippen LogP contribution in [0.25, 0.3) is 0 Å². The Bertz CT molecular complexity index is 387. The summed E-state index contributed by atoms with van der Waals surface area (Å²) < 4.78 is 5.91. The van der Waals surface area contributed by atoms with Gasteiger partial charge in [0.25, 0.3) is 0 Å².